The van der Waals surface area contributed by atoms with Crippen LogP contribution in [0.4, 0.5) is 4.39 Å². The average molecular weight is 365 g/mol. The molecule has 2 N–H and O–H groups in total. The average Bonchev–Trinajstić information content (AvgIpc) is 3.07. The molecular formula is C21H20FN3O2. The molecule has 1 fully saturated rings. The summed E-state index contributed by atoms with van der Waals surface area (Å²) >= 11 is 0. The van der Waals surface area contributed by atoms with Gasteiger partial charge in [0.2, 0.25) is 0 Å². The highest BCUT2D eigenvalue weighted by Gasteiger charge is 2.19. The minimum Gasteiger partial charge on any atom is -0.392 e. The van der Waals surface area contributed by atoms with Crippen molar-refractivity contribution in [3.63, 3.8) is 0 Å². The van der Waals surface area contributed by atoms with Crippen molar-refractivity contribution in [1.82, 2.24) is 14.9 Å². The molecule has 1 aliphatic heterocycles. The van der Waals surface area contributed by atoms with Gasteiger partial charge in [-0.15, -0.1) is 0 Å². The number of nitrogens with zero attached hydrogens (tertiary/aromatic N) is 2. The lowest BCUT2D eigenvalue weighted by Crippen LogP contribution is -2.21. The minimum absolute atomic E-state index is 0.229. The first-order valence-corrected chi connectivity index (χ1v) is 8.94. The van der Waals surface area contributed by atoms with E-state index >= 15 is 0 Å². The Morgan fingerprint density at radius 3 is 2.48 bits per heavy atom. The van der Waals surface area contributed by atoms with Crippen molar-refractivity contribution in [3.8, 4) is 22.6 Å². The van der Waals surface area contributed by atoms with Gasteiger partial charge in [-0.05, 0) is 36.2 Å². The van der Waals surface area contributed by atoms with Gasteiger partial charge in [0.15, 0.2) is 0 Å². The number of hydrogen-bond donors (Lipinski definition) is 2. The van der Waals surface area contributed by atoms with Crippen LogP contribution in [0, 0.1) is 5.82 Å². The number of benzene rings is 2. The summed E-state index contributed by atoms with van der Waals surface area (Å²) in [4.78, 5) is 21.6. The fourth-order valence-corrected chi connectivity index (χ4v) is 3.34. The van der Waals surface area contributed by atoms with Crippen molar-refractivity contribution in [2.75, 3.05) is 13.1 Å². The van der Waals surface area contributed by atoms with Gasteiger partial charge >= 0.3 is 0 Å². The predicted molar refractivity (Wildman–Crippen MR) is 102 cm³/mol. The molecule has 1 atom stereocenters. The van der Waals surface area contributed by atoms with Crippen LogP contribution in [0.5, 0.6) is 0 Å². The van der Waals surface area contributed by atoms with Gasteiger partial charge in [0, 0.05) is 36.8 Å². The Hall–Kier alpha value is -2.83. The minimum atomic E-state index is -0.329. The Kier molecular flexibility index (Phi) is 4.83. The van der Waals surface area contributed by atoms with E-state index in [1.54, 1.807) is 12.1 Å². The normalized spacial score (nSPS) is 17.3. The zero-order valence-electron chi connectivity index (χ0n) is 14.7. The number of aliphatic hydroxyl groups is 1. The number of rotatable bonds is 4. The van der Waals surface area contributed by atoms with Crippen molar-refractivity contribution in [1.29, 1.82) is 0 Å². The third-order valence-electron chi connectivity index (χ3n) is 4.76. The molecule has 0 aliphatic carbocycles. The fraction of sp³-hybridized carbons (Fsp3) is 0.238. The topological polar surface area (TPSA) is 69.2 Å². The van der Waals surface area contributed by atoms with Crippen LogP contribution in [0.1, 0.15) is 12.0 Å². The zero-order chi connectivity index (χ0) is 18.8. The van der Waals surface area contributed by atoms with Crippen LogP contribution >= 0.6 is 0 Å². The second kappa shape index (κ2) is 7.42. The number of aliphatic hydroxyl groups excluding tert-OH is 1. The van der Waals surface area contributed by atoms with E-state index in [9.17, 15) is 14.3 Å². The van der Waals surface area contributed by atoms with Gasteiger partial charge < -0.3 is 10.1 Å². The van der Waals surface area contributed by atoms with Crippen LogP contribution in [0.3, 0.4) is 0 Å². The first-order valence-electron chi connectivity index (χ1n) is 8.94. The van der Waals surface area contributed by atoms with Gasteiger partial charge in [-0.2, -0.15) is 0 Å². The summed E-state index contributed by atoms with van der Waals surface area (Å²) < 4.78 is 13.1. The number of aromatic nitrogens is 2. The summed E-state index contributed by atoms with van der Waals surface area (Å²) in [6.07, 6.45) is 0.590. The molecule has 5 nitrogen and oxygen atoms in total. The predicted octanol–water partition coefficient (Wildman–Crippen LogP) is 2.81. The standard InChI is InChI=1S/C21H20FN3O2/c22-17-7-5-15(6-8-17)19-11-20(27)24-21(23-19)16-3-1-14(2-4-16)12-25-10-9-18(26)13-25/h1-8,11,18,26H,9-10,12-13H2,(H,23,24,27)/t18-/m0/s1. The van der Waals surface area contributed by atoms with E-state index in [4.69, 9.17) is 0 Å². The Bertz CT molecular complexity index is 984. The van der Waals surface area contributed by atoms with Gasteiger partial charge in [-0.3, -0.25) is 9.69 Å². The monoisotopic (exact) mass is 365 g/mol. The van der Waals surface area contributed by atoms with E-state index in [0.717, 1.165) is 30.6 Å². The van der Waals surface area contributed by atoms with Gasteiger partial charge in [0.1, 0.15) is 11.6 Å². The number of β-amino-alcohol motifs (C(OH)–C–C–N with tert-alkyl or cyclic N) is 1. The van der Waals surface area contributed by atoms with Crippen molar-refractivity contribution in [2.24, 2.45) is 0 Å². The summed E-state index contributed by atoms with van der Waals surface area (Å²) in [6, 6.07) is 15.2. The smallest absolute Gasteiger partial charge is 0.251 e. The summed E-state index contributed by atoms with van der Waals surface area (Å²) in [5.41, 5.74) is 2.89. The Morgan fingerprint density at radius 2 is 1.81 bits per heavy atom. The second-order valence-corrected chi connectivity index (χ2v) is 6.86. The Labute approximate surface area is 156 Å². The first kappa shape index (κ1) is 17.6. The molecule has 3 aromatic rings. The molecule has 6 heteroatoms. The van der Waals surface area contributed by atoms with Crippen LogP contribution in [0.15, 0.2) is 59.4 Å². The molecule has 0 unspecified atom stereocenters. The Balaban J connectivity index is 1.57. The molecule has 138 valence electrons. The first-order chi connectivity index (χ1) is 13.1. The molecule has 27 heavy (non-hydrogen) atoms. The number of H-pyrrole nitrogens is 1. The molecule has 1 aliphatic rings. The molecule has 0 bridgehead atoms. The molecule has 4 rings (SSSR count). The van der Waals surface area contributed by atoms with E-state index in [-0.39, 0.29) is 17.5 Å². The van der Waals surface area contributed by atoms with E-state index in [1.807, 2.05) is 24.3 Å². The number of hydrogen-bond acceptors (Lipinski definition) is 4. The van der Waals surface area contributed by atoms with Crippen molar-refractivity contribution >= 4 is 0 Å². The largest absolute Gasteiger partial charge is 0.392 e. The van der Waals surface area contributed by atoms with Gasteiger partial charge in [0.25, 0.3) is 5.56 Å². The third-order valence-corrected chi connectivity index (χ3v) is 4.76. The maximum absolute atomic E-state index is 13.1. The second-order valence-electron chi connectivity index (χ2n) is 6.86. The van der Waals surface area contributed by atoms with Crippen LogP contribution in [0.2, 0.25) is 0 Å². The molecule has 0 spiro atoms. The van der Waals surface area contributed by atoms with E-state index in [0.29, 0.717) is 23.6 Å². The molecule has 1 saturated heterocycles. The highest BCUT2D eigenvalue weighted by Crippen LogP contribution is 2.21. The molecular weight excluding hydrogens is 345 g/mol. The number of aromatic amines is 1. The lowest BCUT2D eigenvalue weighted by atomic mass is 10.1. The molecule has 0 radical (unpaired) electrons. The third kappa shape index (κ3) is 4.13. The quantitative estimate of drug-likeness (QED) is 0.746. The van der Waals surface area contributed by atoms with Crippen LogP contribution < -0.4 is 5.56 Å². The molecule has 0 amide bonds. The van der Waals surface area contributed by atoms with Crippen molar-refractivity contribution in [2.45, 2.75) is 19.1 Å². The highest BCUT2D eigenvalue weighted by atomic mass is 19.1. The molecule has 2 aromatic carbocycles. The number of halogens is 1. The van der Waals surface area contributed by atoms with Crippen LogP contribution in [-0.4, -0.2) is 39.2 Å². The maximum Gasteiger partial charge on any atom is 0.251 e. The number of nitrogens with one attached hydrogen (secondary N) is 1. The van der Waals surface area contributed by atoms with Crippen molar-refractivity contribution in [3.05, 3.63) is 76.3 Å². The fourth-order valence-electron chi connectivity index (χ4n) is 3.34. The SMILES string of the molecule is O=c1cc(-c2ccc(F)cc2)nc(-c2ccc(CN3CC[C@H](O)C3)cc2)[nH]1. The van der Waals surface area contributed by atoms with E-state index in [1.165, 1.54) is 18.2 Å². The molecule has 0 saturated carbocycles. The maximum atomic E-state index is 13.1. The Morgan fingerprint density at radius 1 is 1.11 bits per heavy atom. The summed E-state index contributed by atoms with van der Waals surface area (Å²) in [6.45, 7) is 2.39. The summed E-state index contributed by atoms with van der Waals surface area (Å²) in [7, 11) is 0. The van der Waals surface area contributed by atoms with E-state index in [2.05, 4.69) is 14.9 Å². The van der Waals surface area contributed by atoms with Gasteiger partial charge in [-0.1, -0.05) is 24.3 Å². The molecule has 2 heterocycles. The van der Waals surface area contributed by atoms with Crippen molar-refractivity contribution < 1.29 is 9.50 Å². The lowest BCUT2D eigenvalue weighted by molar-refractivity contribution is 0.175. The van der Waals surface area contributed by atoms with Crippen LogP contribution in [-0.2, 0) is 6.54 Å². The van der Waals surface area contributed by atoms with E-state index < -0.39 is 0 Å². The highest BCUT2D eigenvalue weighted by molar-refractivity contribution is 5.63. The van der Waals surface area contributed by atoms with Crippen LogP contribution in [0.25, 0.3) is 22.6 Å². The van der Waals surface area contributed by atoms with Gasteiger partial charge in [0.05, 0.1) is 11.8 Å². The zero-order valence-corrected chi connectivity index (χ0v) is 14.7. The molecule has 1 aromatic heterocycles. The summed E-state index contributed by atoms with van der Waals surface area (Å²) in [5, 5.41) is 9.63. The lowest BCUT2D eigenvalue weighted by Gasteiger charge is -2.15. The summed E-state index contributed by atoms with van der Waals surface area (Å²) in [5.74, 6) is 0.148. The number of likely N-dealkylation sites (tertiary alicyclic amines) is 1. The van der Waals surface area contributed by atoms with Gasteiger partial charge in [-0.25, -0.2) is 9.37 Å².